The van der Waals surface area contributed by atoms with Gasteiger partial charge in [0, 0.05) is 11.6 Å². The fourth-order valence-electron chi connectivity index (χ4n) is 2.16. The molecule has 2 heterocycles. The summed E-state index contributed by atoms with van der Waals surface area (Å²) in [6.45, 7) is 3.59. The van der Waals surface area contributed by atoms with Gasteiger partial charge in [-0.3, -0.25) is 14.0 Å². The summed E-state index contributed by atoms with van der Waals surface area (Å²) < 4.78 is 1.52. The van der Waals surface area contributed by atoms with Gasteiger partial charge in [0.2, 0.25) is 5.91 Å². The Labute approximate surface area is 110 Å². The first kappa shape index (κ1) is 11.9. The molecule has 0 aromatic carbocycles. The largest absolute Gasteiger partial charge is 0.320 e. The number of carbonyl (C=O) groups excluding carboxylic acids is 1. The predicted octanol–water partition coefficient (Wildman–Crippen LogP) is 1.66. The molecule has 1 saturated carbocycles. The highest BCUT2D eigenvalue weighted by Gasteiger charge is 2.30. The van der Waals surface area contributed by atoms with Crippen LogP contribution < -0.4 is 10.9 Å². The van der Waals surface area contributed by atoms with Gasteiger partial charge in [-0.05, 0) is 38.8 Å². The molecule has 1 aliphatic rings. The molecule has 1 fully saturated rings. The second-order valence-electron chi connectivity index (χ2n) is 5.00. The first-order valence-corrected chi connectivity index (χ1v) is 6.38. The smallest absolute Gasteiger partial charge is 0.282 e. The minimum absolute atomic E-state index is 0.0661. The third-order valence-corrected chi connectivity index (χ3v) is 3.42. The summed E-state index contributed by atoms with van der Waals surface area (Å²) in [5.74, 6) is -0.00750. The minimum atomic E-state index is -0.213. The molecule has 0 spiro atoms. The number of fused-ring (bicyclic) bond motifs is 1. The van der Waals surface area contributed by atoms with Crippen molar-refractivity contribution in [1.82, 2.24) is 9.38 Å². The Morgan fingerprint density at radius 1 is 1.37 bits per heavy atom. The minimum Gasteiger partial charge on any atom is -0.320 e. The normalized spacial score (nSPS) is 14.6. The molecule has 19 heavy (non-hydrogen) atoms. The van der Waals surface area contributed by atoms with Crippen LogP contribution in [-0.4, -0.2) is 15.3 Å². The van der Waals surface area contributed by atoms with E-state index in [9.17, 15) is 9.59 Å². The van der Waals surface area contributed by atoms with Gasteiger partial charge in [0.05, 0.1) is 5.69 Å². The quantitative estimate of drug-likeness (QED) is 0.890. The van der Waals surface area contributed by atoms with Gasteiger partial charge in [-0.15, -0.1) is 0 Å². The van der Waals surface area contributed by atoms with Gasteiger partial charge in [-0.1, -0.05) is 6.07 Å². The molecule has 0 radical (unpaired) electrons. The van der Waals surface area contributed by atoms with E-state index >= 15 is 0 Å². The number of hydrogen-bond acceptors (Lipinski definition) is 3. The van der Waals surface area contributed by atoms with Crippen LogP contribution in [0.25, 0.3) is 5.65 Å². The summed E-state index contributed by atoms with van der Waals surface area (Å²) in [4.78, 5) is 28.6. The molecule has 1 amide bonds. The highest BCUT2D eigenvalue weighted by Crippen LogP contribution is 2.30. The Kier molecular flexibility index (Phi) is 2.62. The van der Waals surface area contributed by atoms with Crippen LogP contribution in [0.4, 0.5) is 5.69 Å². The van der Waals surface area contributed by atoms with Crippen molar-refractivity contribution in [3.05, 3.63) is 39.9 Å². The number of aromatic nitrogens is 2. The zero-order valence-electron chi connectivity index (χ0n) is 10.9. The number of nitrogens with zero attached hydrogens (tertiary/aromatic N) is 2. The molecular weight excluding hydrogens is 242 g/mol. The monoisotopic (exact) mass is 257 g/mol. The molecule has 1 aliphatic carbocycles. The van der Waals surface area contributed by atoms with Gasteiger partial charge in [0.15, 0.2) is 0 Å². The summed E-state index contributed by atoms with van der Waals surface area (Å²) in [5, 5.41) is 2.73. The highest BCUT2D eigenvalue weighted by atomic mass is 16.2. The molecular formula is C14H15N3O2. The molecule has 1 N–H and O–H groups in total. The standard InChI is InChI=1S/C14H15N3O2/c1-8-4-3-5-11-15-9(2)12(14(19)17(8)11)16-13(18)10-6-7-10/h3-5,10H,6-7H2,1-2H3,(H,16,18). The lowest BCUT2D eigenvalue weighted by Crippen LogP contribution is -2.26. The van der Waals surface area contributed by atoms with E-state index in [1.54, 1.807) is 13.0 Å². The summed E-state index contributed by atoms with van der Waals surface area (Å²) in [7, 11) is 0. The second kappa shape index (κ2) is 4.19. The Morgan fingerprint density at radius 2 is 2.11 bits per heavy atom. The molecule has 98 valence electrons. The summed E-state index contributed by atoms with van der Waals surface area (Å²) in [6.07, 6.45) is 1.82. The van der Waals surface area contributed by atoms with E-state index in [0.29, 0.717) is 17.0 Å². The van der Waals surface area contributed by atoms with E-state index in [1.807, 2.05) is 19.1 Å². The molecule has 0 aliphatic heterocycles. The maximum atomic E-state index is 12.5. The zero-order valence-corrected chi connectivity index (χ0v) is 10.9. The van der Waals surface area contributed by atoms with Crippen molar-refractivity contribution >= 4 is 17.2 Å². The van der Waals surface area contributed by atoms with Crippen LogP contribution >= 0.6 is 0 Å². The van der Waals surface area contributed by atoms with Gasteiger partial charge in [-0.2, -0.15) is 0 Å². The van der Waals surface area contributed by atoms with Crippen LogP contribution in [0.3, 0.4) is 0 Å². The Hall–Kier alpha value is -2.17. The number of rotatable bonds is 2. The van der Waals surface area contributed by atoms with Crippen molar-refractivity contribution in [2.45, 2.75) is 26.7 Å². The van der Waals surface area contributed by atoms with Gasteiger partial charge in [-0.25, -0.2) is 4.98 Å². The van der Waals surface area contributed by atoms with Crippen molar-refractivity contribution in [2.24, 2.45) is 5.92 Å². The lowest BCUT2D eigenvalue weighted by atomic mass is 10.3. The average molecular weight is 257 g/mol. The molecule has 2 aromatic heterocycles. The first-order valence-electron chi connectivity index (χ1n) is 6.38. The van der Waals surface area contributed by atoms with Crippen LogP contribution in [-0.2, 0) is 4.79 Å². The van der Waals surface area contributed by atoms with Crippen molar-refractivity contribution in [3.63, 3.8) is 0 Å². The van der Waals surface area contributed by atoms with E-state index in [2.05, 4.69) is 10.3 Å². The van der Waals surface area contributed by atoms with Crippen LogP contribution in [0.2, 0.25) is 0 Å². The SMILES string of the molecule is Cc1nc2cccc(C)n2c(=O)c1NC(=O)C1CC1. The first-order chi connectivity index (χ1) is 9.08. The van der Waals surface area contributed by atoms with E-state index in [-0.39, 0.29) is 17.4 Å². The third-order valence-electron chi connectivity index (χ3n) is 3.42. The van der Waals surface area contributed by atoms with Crippen LogP contribution in [0.1, 0.15) is 24.2 Å². The maximum Gasteiger partial charge on any atom is 0.282 e. The molecule has 0 bridgehead atoms. The topological polar surface area (TPSA) is 63.5 Å². The fraction of sp³-hybridized carbons (Fsp3) is 0.357. The molecule has 0 atom stereocenters. The number of nitrogens with one attached hydrogen (secondary N) is 1. The number of amides is 1. The van der Waals surface area contributed by atoms with Crippen molar-refractivity contribution in [1.29, 1.82) is 0 Å². The van der Waals surface area contributed by atoms with E-state index in [1.165, 1.54) is 4.40 Å². The molecule has 0 saturated heterocycles. The summed E-state index contributed by atoms with van der Waals surface area (Å²) >= 11 is 0. The molecule has 0 unspecified atom stereocenters. The van der Waals surface area contributed by atoms with E-state index < -0.39 is 0 Å². The number of aryl methyl sites for hydroxylation is 2. The molecule has 5 heteroatoms. The van der Waals surface area contributed by atoms with Crippen LogP contribution in [0.5, 0.6) is 0 Å². The number of hydrogen-bond donors (Lipinski definition) is 1. The predicted molar refractivity (Wildman–Crippen MR) is 72.3 cm³/mol. The van der Waals surface area contributed by atoms with E-state index in [0.717, 1.165) is 18.5 Å². The number of carbonyl (C=O) groups is 1. The average Bonchev–Trinajstić information content (AvgIpc) is 3.18. The second-order valence-corrected chi connectivity index (χ2v) is 5.00. The summed E-state index contributed by atoms with van der Waals surface area (Å²) in [5.41, 5.74) is 2.05. The number of pyridine rings is 1. The van der Waals surface area contributed by atoms with E-state index in [4.69, 9.17) is 0 Å². The summed E-state index contributed by atoms with van der Waals surface area (Å²) in [6, 6.07) is 5.49. The Bertz CT molecular complexity index is 729. The molecule has 5 nitrogen and oxygen atoms in total. The Balaban J connectivity index is 2.16. The Morgan fingerprint density at radius 3 is 2.79 bits per heavy atom. The number of anilines is 1. The maximum absolute atomic E-state index is 12.5. The van der Waals surface area contributed by atoms with Crippen LogP contribution in [0, 0.1) is 19.8 Å². The van der Waals surface area contributed by atoms with Crippen LogP contribution in [0.15, 0.2) is 23.0 Å². The van der Waals surface area contributed by atoms with Gasteiger partial charge >= 0.3 is 0 Å². The van der Waals surface area contributed by atoms with Gasteiger partial charge in [0.1, 0.15) is 11.3 Å². The molecule has 2 aromatic rings. The fourth-order valence-corrected chi connectivity index (χ4v) is 2.16. The van der Waals surface area contributed by atoms with Crippen molar-refractivity contribution in [3.8, 4) is 0 Å². The van der Waals surface area contributed by atoms with Crippen molar-refractivity contribution in [2.75, 3.05) is 5.32 Å². The lowest BCUT2D eigenvalue weighted by Gasteiger charge is -2.10. The van der Waals surface area contributed by atoms with Gasteiger partial charge in [0.25, 0.3) is 5.56 Å². The highest BCUT2D eigenvalue weighted by molar-refractivity contribution is 5.94. The zero-order chi connectivity index (χ0) is 13.6. The third kappa shape index (κ3) is 2.01. The van der Waals surface area contributed by atoms with Crippen molar-refractivity contribution < 1.29 is 4.79 Å². The lowest BCUT2D eigenvalue weighted by molar-refractivity contribution is -0.117. The van der Waals surface area contributed by atoms with Gasteiger partial charge < -0.3 is 5.32 Å². The molecule has 3 rings (SSSR count).